The van der Waals surface area contributed by atoms with Crippen molar-refractivity contribution in [2.45, 2.75) is 63.1 Å². The fourth-order valence-corrected chi connectivity index (χ4v) is 5.38. The molecule has 3 atom stereocenters. The van der Waals surface area contributed by atoms with Crippen LogP contribution in [-0.4, -0.2) is 17.3 Å². The molecule has 18 heavy (non-hydrogen) atoms. The molecule has 1 fully saturated rings. The van der Waals surface area contributed by atoms with E-state index in [0.29, 0.717) is 12.1 Å². The Morgan fingerprint density at radius 1 is 1.22 bits per heavy atom. The molecule has 1 aromatic rings. The summed E-state index contributed by atoms with van der Waals surface area (Å²) in [5.41, 5.74) is 1.51. The van der Waals surface area contributed by atoms with Gasteiger partial charge in [-0.15, -0.1) is 11.3 Å². The molecule has 0 aliphatic heterocycles. The van der Waals surface area contributed by atoms with Crippen LogP contribution in [0.5, 0.6) is 0 Å². The van der Waals surface area contributed by atoms with Gasteiger partial charge in [-0.05, 0) is 66.3 Å². The molecule has 0 aromatic carbocycles. The van der Waals surface area contributed by atoms with Crippen LogP contribution in [0.1, 0.15) is 55.0 Å². The third-order valence-corrected chi connectivity index (χ3v) is 6.20. The second-order valence-electron chi connectivity index (χ2n) is 5.50. The number of hydrogen-bond acceptors (Lipinski definition) is 3. The van der Waals surface area contributed by atoms with E-state index in [1.54, 1.807) is 4.88 Å². The molecule has 0 radical (unpaired) electrons. The first-order valence-electron chi connectivity index (χ1n) is 6.96. The molecule has 1 heterocycles. The summed E-state index contributed by atoms with van der Waals surface area (Å²) in [6.45, 7) is 0. The Kier molecular flexibility index (Phi) is 4.28. The van der Waals surface area contributed by atoms with Gasteiger partial charge in [0.2, 0.25) is 0 Å². The number of fused-ring (bicyclic) bond motifs is 1. The first-order valence-corrected chi connectivity index (χ1v) is 8.86. The Morgan fingerprint density at radius 3 is 2.89 bits per heavy atom. The van der Waals surface area contributed by atoms with Crippen LogP contribution in [0.3, 0.4) is 0 Å². The van der Waals surface area contributed by atoms with Gasteiger partial charge in [0.25, 0.3) is 0 Å². The van der Waals surface area contributed by atoms with Crippen molar-refractivity contribution in [3.63, 3.8) is 0 Å². The third kappa shape index (κ3) is 2.76. The molecule has 100 valence electrons. The van der Waals surface area contributed by atoms with Crippen molar-refractivity contribution < 1.29 is 5.11 Å². The maximum Gasteiger partial charge on any atom is 0.0693 e. The van der Waals surface area contributed by atoms with E-state index in [4.69, 9.17) is 0 Å². The molecule has 0 saturated heterocycles. The lowest BCUT2D eigenvalue weighted by Gasteiger charge is -2.34. The van der Waals surface area contributed by atoms with Crippen LogP contribution in [0.2, 0.25) is 0 Å². The highest BCUT2D eigenvalue weighted by Gasteiger charge is 2.29. The van der Waals surface area contributed by atoms with Crippen molar-refractivity contribution >= 4 is 33.9 Å². The molecular weight excluding hydrogens is 357 g/mol. The number of aliphatic hydroxyl groups excluding tert-OH is 1. The molecule has 3 rings (SSSR count). The highest BCUT2D eigenvalue weighted by atomic mass is 127. The molecule has 2 nitrogen and oxygen atoms in total. The predicted octanol–water partition coefficient (Wildman–Crippen LogP) is 3.62. The van der Waals surface area contributed by atoms with Crippen molar-refractivity contribution in [3.05, 3.63) is 19.4 Å². The molecule has 4 heteroatoms. The van der Waals surface area contributed by atoms with Crippen molar-refractivity contribution in [1.82, 2.24) is 5.32 Å². The minimum absolute atomic E-state index is 0.137. The summed E-state index contributed by atoms with van der Waals surface area (Å²) in [4.78, 5) is 1.56. The van der Waals surface area contributed by atoms with Crippen LogP contribution in [0, 0.1) is 2.88 Å². The number of thiophene rings is 1. The second kappa shape index (κ2) is 5.77. The summed E-state index contributed by atoms with van der Waals surface area (Å²) in [5.74, 6) is 0. The summed E-state index contributed by atoms with van der Waals surface area (Å²) < 4.78 is 1.40. The van der Waals surface area contributed by atoms with Gasteiger partial charge in [0.05, 0.1) is 8.99 Å². The molecular formula is C14H20INOS. The predicted molar refractivity (Wildman–Crippen MR) is 84.1 cm³/mol. The summed E-state index contributed by atoms with van der Waals surface area (Å²) >= 11 is 4.37. The van der Waals surface area contributed by atoms with Gasteiger partial charge in [-0.2, -0.15) is 0 Å². The van der Waals surface area contributed by atoms with Gasteiger partial charge in [-0.25, -0.2) is 0 Å². The topological polar surface area (TPSA) is 32.3 Å². The number of aryl methyl sites for hydroxylation is 1. The second-order valence-corrected chi connectivity index (χ2v) is 8.53. The Bertz CT molecular complexity index is 420. The standard InChI is InChI=1S/C14H20INOS/c15-14-8-9-10(5-3-7-13(9)18-14)16-11-4-1-2-6-12(11)17/h8,10-12,16-17H,1-7H2. The lowest BCUT2D eigenvalue weighted by molar-refractivity contribution is 0.0835. The van der Waals surface area contributed by atoms with Crippen molar-refractivity contribution in [2.75, 3.05) is 0 Å². The van der Waals surface area contributed by atoms with Crippen LogP contribution < -0.4 is 5.32 Å². The number of rotatable bonds is 2. The quantitative estimate of drug-likeness (QED) is 0.772. The van der Waals surface area contributed by atoms with E-state index in [2.05, 4.69) is 34.0 Å². The Morgan fingerprint density at radius 2 is 2.06 bits per heavy atom. The van der Waals surface area contributed by atoms with E-state index < -0.39 is 0 Å². The van der Waals surface area contributed by atoms with Gasteiger partial charge in [-0.1, -0.05) is 12.8 Å². The largest absolute Gasteiger partial charge is 0.392 e. The van der Waals surface area contributed by atoms with Crippen LogP contribution in [0.25, 0.3) is 0 Å². The van der Waals surface area contributed by atoms with E-state index >= 15 is 0 Å². The number of halogens is 1. The molecule has 2 N–H and O–H groups in total. The first kappa shape index (κ1) is 13.3. The lowest BCUT2D eigenvalue weighted by Crippen LogP contribution is -2.44. The molecule has 3 unspecified atom stereocenters. The maximum absolute atomic E-state index is 10.1. The zero-order valence-electron chi connectivity index (χ0n) is 10.5. The zero-order chi connectivity index (χ0) is 12.5. The Hall–Kier alpha value is 0.350. The Balaban J connectivity index is 1.73. The SMILES string of the molecule is OC1CCCCC1NC1CCCc2sc(I)cc21. The van der Waals surface area contributed by atoms with Crippen molar-refractivity contribution in [1.29, 1.82) is 0 Å². The maximum atomic E-state index is 10.1. The summed E-state index contributed by atoms with van der Waals surface area (Å²) in [5, 5.41) is 13.8. The highest BCUT2D eigenvalue weighted by molar-refractivity contribution is 14.1. The Labute approximate surface area is 126 Å². The number of hydrogen-bond donors (Lipinski definition) is 2. The van der Waals surface area contributed by atoms with Gasteiger partial charge < -0.3 is 10.4 Å². The van der Waals surface area contributed by atoms with E-state index in [-0.39, 0.29) is 6.10 Å². The van der Waals surface area contributed by atoms with Crippen LogP contribution >= 0.6 is 33.9 Å². The molecule has 1 aromatic heterocycles. The van der Waals surface area contributed by atoms with Gasteiger partial charge >= 0.3 is 0 Å². The fourth-order valence-electron chi connectivity index (χ4n) is 3.26. The third-order valence-electron chi connectivity index (χ3n) is 4.23. The van der Waals surface area contributed by atoms with Crippen LogP contribution in [0.15, 0.2) is 6.07 Å². The first-order chi connectivity index (χ1) is 8.74. The summed E-state index contributed by atoms with van der Waals surface area (Å²) in [6.07, 6.45) is 8.16. The summed E-state index contributed by atoms with van der Waals surface area (Å²) in [7, 11) is 0. The minimum atomic E-state index is -0.137. The van der Waals surface area contributed by atoms with Gasteiger partial charge in [0.15, 0.2) is 0 Å². The number of aliphatic hydroxyl groups is 1. The highest BCUT2D eigenvalue weighted by Crippen LogP contribution is 2.37. The zero-order valence-corrected chi connectivity index (χ0v) is 13.5. The molecule has 2 aliphatic carbocycles. The monoisotopic (exact) mass is 377 g/mol. The van der Waals surface area contributed by atoms with Gasteiger partial charge in [-0.3, -0.25) is 0 Å². The molecule has 0 spiro atoms. The normalized spacial score (nSPS) is 32.2. The lowest BCUT2D eigenvalue weighted by atomic mass is 9.88. The van der Waals surface area contributed by atoms with Crippen LogP contribution in [0.4, 0.5) is 0 Å². The van der Waals surface area contributed by atoms with Crippen molar-refractivity contribution in [2.24, 2.45) is 0 Å². The smallest absolute Gasteiger partial charge is 0.0693 e. The van der Waals surface area contributed by atoms with Gasteiger partial charge in [0.1, 0.15) is 0 Å². The van der Waals surface area contributed by atoms with E-state index in [9.17, 15) is 5.11 Å². The average molecular weight is 377 g/mol. The van der Waals surface area contributed by atoms with E-state index in [1.807, 2.05) is 11.3 Å². The van der Waals surface area contributed by atoms with E-state index in [0.717, 1.165) is 12.8 Å². The molecule has 0 bridgehead atoms. The summed E-state index contributed by atoms with van der Waals surface area (Å²) in [6, 6.07) is 3.13. The molecule has 0 amide bonds. The average Bonchev–Trinajstić information content (AvgIpc) is 2.73. The van der Waals surface area contributed by atoms with Crippen LogP contribution in [-0.2, 0) is 6.42 Å². The van der Waals surface area contributed by atoms with Crippen molar-refractivity contribution in [3.8, 4) is 0 Å². The van der Waals surface area contributed by atoms with Gasteiger partial charge in [0, 0.05) is 17.0 Å². The fraction of sp³-hybridized carbons (Fsp3) is 0.714. The van der Waals surface area contributed by atoms with E-state index in [1.165, 1.54) is 40.6 Å². The molecule has 2 aliphatic rings. The minimum Gasteiger partial charge on any atom is -0.392 e. The number of nitrogens with one attached hydrogen (secondary N) is 1. The molecule has 1 saturated carbocycles.